The molecule has 1 aromatic carbocycles. The minimum atomic E-state index is -0.812. The number of hydrogen-bond acceptors (Lipinski definition) is 5. The van der Waals surface area contributed by atoms with E-state index in [1.807, 2.05) is 13.8 Å². The van der Waals surface area contributed by atoms with E-state index >= 15 is 0 Å². The minimum Gasteiger partial charge on any atom is -0.490 e. The first-order valence-electron chi connectivity index (χ1n) is 6.46. The van der Waals surface area contributed by atoms with Gasteiger partial charge in [0, 0.05) is 6.07 Å². The van der Waals surface area contributed by atoms with Crippen molar-refractivity contribution in [3.63, 3.8) is 0 Å². The third-order valence-corrected chi connectivity index (χ3v) is 2.91. The SMILES string of the molecule is CCCNC(C)(C#N)COc1cc([N+](=O)[O-])ccc1C. The minimum absolute atomic E-state index is 0.0224. The summed E-state index contributed by atoms with van der Waals surface area (Å²) in [5.41, 5.74) is -0.0373. The number of nitriles is 1. The number of hydrogen-bond donors (Lipinski definition) is 1. The molecule has 1 unspecified atom stereocenters. The maximum atomic E-state index is 10.7. The summed E-state index contributed by atoms with van der Waals surface area (Å²) in [6, 6.07) is 6.62. The van der Waals surface area contributed by atoms with Gasteiger partial charge in [0.25, 0.3) is 5.69 Å². The lowest BCUT2D eigenvalue weighted by Gasteiger charge is -2.23. The lowest BCUT2D eigenvalue weighted by molar-refractivity contribution is -0.385. The maximum Gasteiger partial charge on any atom is 0.273 e. The second-order valence-electron chi connectivity index (χ2n) is 4.87. The number of nitro benzene ring substituents is 1. The molecule has 6 heteroatoms. The van der Waals surface area contributed by atoms with Crippen molar-refractivity contribution in [1.29, 1.82) is 5.26 Å². The van der Waals surface area contributed by atoms with E-state index in [2.05, 4.69) is 11.4 Å². The summed E-state index contributed by atoms with van der Waals surface area (Å²) in [6.07, 6.45) is 0.910. The van der Waals surface area contributed by atoms with E-state index in [0.717, 1.165) is 12.0 Å². The second-order valence-corrected chi connectivity index (χ2v) is 4.87. The van der Waals surface area contributed by atoms with Crippen molar-refractivity contribution in [3.05, 3.63) is 33.9 Å². The predicted molar refractivity (Wildman–Crippen MR) is 75.6 cm³/mol. The van der Waals surface area contributed by atoms with Gasteiger partial charge < -0.3 is 4.74 Å². The van der Waals surface area contributed by atoms with E-state index < -0.39 is 10.5 Å². The van der Waals surface area contributed by atoms with Crippen LogP contribution in [0, 0.1) is 28.4 Å². The third kappa shape index (κ3) is 4.21. The second kappa shape index (κ2) is 6.87. The van der Waals surface area contributed by atoms with Crippen LogP contribution in [0.3, 0.4) is 0 Å². The number of nitro groups is 1. The first-order valence-corrected chi connectivity index (χ1v) is 6.46. The molecule has 6 nitrogen and oxygen atoms in total. The molecule has 108 valence electrons. The molecule has 0 aliphatic heterocycles. The van der Waals surface area contributed by atoms with E-state index in [4.69, 9.17) is 4.74 Å². The van der Waals surface area contributed by atoms with Gasteiger partial charge in [-0.25, -0.2) is 0 Å². The molecule has 1 N–H and O–H groups in total. The molecule has 0 saturated carbocycles. The molecule has 0 aliphatic rings. The molecule has 0 fully saturated rings. The monoisotopic (exact) mass is 277 g/mol. The lowest BCUT2D eigenvalue weighted by atomic mass is 10.1. The van der Waals surface area contributed by atoms with Gasteiger partial charge in [0.05, 0.1) is 17.1 Å². The molecule has 0 aliphatic carbocycles. The fraction of sp³-hybridized carbons (Fsp3) is 0.500. The molecule has 0 amide bonds. The van der Waals surface area contributed by atoms with Gasteiger partial charge in [-0.3, -0.25) is 15.4 Å². The Hall–Kier alpha value is -2.13. The number of ether oxygens (including phenoxy) is 1. The largest absolute Gasteiger partial charge is 0.490 e. The number of nitrogens with zero attached hydrogens (tertiary/aromatic N) is 2. The average molecular weight is 277 g/mol. The zero-order valence-corrected chi connectivity index (χ0v) is 12.0. The van der Waals surface area contributed by atoms with Crippen molar-refractivity contribution in [3.8, 4) is 11.8 Å². The van der Waals surface area contributed by atoms with Crippen LogP contribution in [0.5, 0.6) is 5.75 Å². The quantitative estimate of drug-likeness (QED) is 0.611. The van der Waals surface area contributed by atoms with Crippen LogP contribution in [-0.2, 0) is 0 Å². The topological polar surface area (TPSA) is 88.2 Å². The van der Waals surface area contributed by atoms with E-state index in [1.54, 1.807) is 13.0 Å². The molecule has 1 rings (SSSR count). The lowest BCUT2D eigenvalue weighted by Crippen LogP contribution is -2.46. The molecular weight excluding hydrogens is 258 g/mol. The zero-order valence-electron chi connectivity index (χ0n) is 12.0. The zero-order chi connectivity index (χ0) is 15.2. The molecule has 0 spiro atoms. The average Bonchev–Trinajstić information content (AvgIpc) is 2.44. The number of nitrogens with one attached hydrogen (secondary N) is 1. The van der Waals surface area contributed by atoms with Gasteiger partial charge in [0.15, 0.2) is 0 Å². The van der Waals surface area contributed by atoms with Crippen molar-refractivity contribution in [1.82, 2.24) is 5.32 Å². The summed E-state index contributed by atoms with van der Waals surface area (Å²) in [7, 11) is 0. The first kappa shape index (κ1) is 15.9. The first-order chi connectivity index (χ1) is 9.41. The summed E-state index contributed by atoms with van der Waals surface area (Å²) < 4.78 is 5.59. The van der Waals surface area contributed by atoms with Gasteiger partial charge in [-0.15, -0.1) is 0 Å². The highest BCUT2D eigenvalue weighted by Crippen LogP contribution is 2.24. The molecule has 1 atom stereocenters. The summed E-state index contributed by atoms with van der Waals surface area (Å²) in [4.78, 5) is 10.3. The standard InChI is InChI=1S/C14H19N3O3/c1-4-7-16-14(3,9-15)10-20-13-8-12(17(18)19)6-5-11(13)2/h5-6,8,16H,4,7,10H2,1-3H3. The van der Waals surface area contributed by atoms with Crippen LogP contribution in [0.15, 0.2) is 18.2 Å². The smallest absolute Gasteiger partial charge is 0.273 e. The Labute approximate surface area is 118 Å². The Morgan fingerprint density at radius 1 is 1.55 bits per heavy atom. The van der Waals surface area contributed by atoms with Crippen molar-refractivity contribution < 1.29 is 9.66 Å². The van der Waals surface area contributed by atoms with Crippen LogP contribution >= 0.6 is 0 Å². The van der Waals surface area contributed by atoms with E-state index in [9.17, 15) is 15.4 Å². The summed E-state index contributed by atoms with van der Waals surface area (Å²) in [5, 5.41) is 23.1. The molecule has 0 bridgehead atoms. The molecule has 0 aromatic heterocycles. The van der Waals surface area contributed by atoms with Crippen molar-refractivity contribution in [2.45, 2.75) is 32.7 Å². The maximum absolute atomic E-state index is 10.7. The Morgan fingerprint density at radius 3 is 2.80 bits per heavy atom. The Kier molecular flexibility index (Phi) is 5.47. The van der Waals surface area contributed by atoms with Gasteiger partial charge in [0.2, 0.25) is 0 Å². The number of aryl methyl sites for hydroxylation is 1. The fourth-order valence-electron chi connectivity index (χ4n) is 1.60. The summed E-state index contributed by atoms with van der Waals surface area (Å²) >= 11 is 0. The Bertz CT molecular complexity index is 525. The van der Waals surface area contributed by atoms with Crippen LogP contribution in [0.1, 0.15) is 25.8 Å². The number of rotatable bonds is 7. The molecule has 0 heterocycles. The highest BCUT2D eigenvalue weighted by molar-refractivity contribution is 5.43. The van der Waals surface area contributed by atoms with Crippen LogP contribution in [0.4, 0.5) is 5.69 Å². The van der Waals surface area contributed by atoms with Crippen molar-refractivity contribution >= 4 is 5.69 Å². The van der Waals surface area contributed by atoms with E-state index in [0.29, 0.717) is 12.3 Å². The normalized spacial score (nSPS) is 13.3. The molecule has 1 aromatic rings. The van der Waals surface area contributed by atoms with Gasteiger partial charge >= 0.3 is 0 Å². The highest BCUT2D eigenvalue weighted by Gasteiger charge is 2.24. The summed E-state index contributed by atoms with van der Waals surface area (Å²) in [6.45, 7) is 6.40. The van der Waals surface area contributed by atoms with Crippen LogP contribution in [-0.4, -0.2) is 23.6 Å². The van der Waals surface area contributed by atoms with Gasteiger partial charge in [-0.05, 0) is 38.4 Å². The predicted octanol–water partition coefficient (Wildman–Crippen LogP) is 2.56. The van der Waals surface area contributed by atoms with Crippen molar-refractivity contribution in [2.75, 3.05) is 13.2 Å². The Morgan fingerprint density at radius 2 is 2.25 bits per heavy atom. The molecule has 0 radical (unpaired) electrons. The van der Waals surface area contributed by atoms with E-state index in [-0.39, 0.29) is 12.3 Å². The van der Waals surface area contributed by atoms with Crippen LogP contribution < -0.4 is 10.1 Å². The van der Waals surface area contributed by atoms with Gasteiger partial charge in [-0.2, -0.15) is 5.26 Å². The van der Waals surface area contributed by atoms with Gasteiger partial charge in [-0.1, -0.05) is 6.92 Å². The Balaban J connectivity index is 2.80. The van der Waals surface area contributed by atoms with E-state index in [1.165, 1.54) is 12.1 Å². The molecular formula is C14H19N3O3. The van der Waals surface area contributed by atoms with Crippen LogP contribution in [0.2, 0.25) is 0 Å². The number of non-ortho nitro benzene ring substituents is 1. The number of benzene rings is 1. The van der Waals surface area contributed by atoms with Gasteiger partial charge in [0.1, 0.15) is 17.9 Å². The van der Waals surface area contributed by atoms with Crippen LogP contribution in [0.25, 0.3) is 0 Å². The third-order valence-electron chi connectivity index (χ3n) is 2.91. The van der Waals surface area contributed by atoms with Crippen molar-refractivity contribution in [2.24, 2.45) is 0 Å². The fourth-order valence-corrected chi connectivity index (χ4v) is 1.60. The highest BCUT2D eigenvalue weighted by atomic mass is 16.6. The summed E-state index contributed by atoms with van der Waals surface area (Å²) in [5.74, 6) is 0.430. The molecule has 20 heavy (non-hydrogen) atoms. The molecule has 0 saturated heterocycles.